The fourth-order valence-electron chi connectivity index (χ4n) is 0.949. The van der Waals surface area contributed by atoms with E-state index in [0.29, 0.717) is 0 Å². The molecule has 0 unspecified atom stereocenters. The lowest BCUT2D eigenvalue weighted by Gasteiger charge is -2.04. The lowest BCUT2D eigenvalue weighted by molar-refractivity contribution is 0.477. The zero-order valence-corrected chi connectivity index (χ0v) is 9.04. The molecule has 0 aliphatic heterocycles. The molecule has 0 fully saturated rings. The maximum absolute atomic E-state index is 13.1. The van der Waals surface area contributed by atoms with Gasteiger partial charge in [0.05, 0.1) is 0 Å². The van der Waals surface area contributed by atoms with Gasteiger partial charge in [-0.05, 0) is 6.07 Å². The van der Waals surface area contributed by atoms with E-state index in [-0.39, 0.29) is 24.5 Å². The van der Waals surface area contributed by atoms with E-state index in [1.807, 2.05) is 0 Å². The first-order valence-corrected chi connectivity index (χ1v) is 5.12. The summed E-state index contributed by atoms with van der Waals surface area (Å²) in [5, 5.41) is 4.65. The van der Waals surface area contributed by atoms with Crippen LogP contribution in [0.25, 0.3) is 0 Å². The molecule has 0 atom stereocenters. The number of hydrogen-bond acceptors (Lipinski definition) is 3. The topological polar surface area (TPSA) is 86.2 Å². The number of nitrogens with two attached hydrogens (primary N) is 2. The number of rotatable bonds is 2. The Morgan fingerprint density at radius 2 is 1.73 bits per heavy atom. The summed E-state index contributed by atoms with van der Waals surface area (Å²) in [6, 6.07) is 1.97. The first kappa shape index (κ1) is 14.2. The molecule has 0 heterocycles. The average Bonchev–Trinajstić information content (AvgIpc) is 2.07. The largest absolute Gasteiger partial charge is 0.326 e. The minimum absolute atomic E-state index is 0. The van der Waals surface area contributed by atoms with Crippen molar-refractivity contribution >= 4 is 22.4 Å². The van der Waals surface area contributed by atoms with Crippen molar-refractivity contribution < 1.29 is 17.2 Å². The van der Waals surface area contributed by atoms with Crippen molar-refractivity contribution in [1.29, 1.82) is 0 Å². The Morgan fingerprint density at radius 3 is 2.13 bits per heavy atom. The van der Waals surface area contributed by atoms with Crippen LogP contribution in [0.15, 0.2) is 17.0 Å². The van der Waals surface area contributed by atoms with Crippen LogP contribution in [0.4, 0.5) is 8.78 Å². The van der Waals surface area contributed by atoms with Gasteiger partial charge in [0.15, 0.2) is 11.6 Å². The van der Waals surface area contributed by atoms with Crippen molar-refractivity contribution in [2.75, 3.05) is 0 Å². The second-order valence-corrected chi connectivity index (χ2v) is 4.13. The quantitative estimate of drug-likeness (QED) is 0.810. The number of primary sulfonamides is 1. The Hall–Kier alpha value is -0.760. The van der Waals surface area contributed by atoms with Crippen molar-refractivity contribution in [2.45, 2.75) is 11.4 Å². The van der Waals surface area contributed by atoms with Crippen LogP contribution < -0.4 is 10.9 Å². The normalized spacial score (nSPS) is 10.9. The minimum Gasteiger partial charge on any atom is -0.326 e. The van der Waals surface area contributed by atoms with E-state index in [2.05, 4.69) is 5.14 Å². The second kappa shape index (κ2) is 4.84. The first-order valence-electron chi connectivity index (χ1n) is 3.57. The molecule has 0 aliphatic carbocycles. The first-order chi connectivity index (χ1) is 6.38. The molecule has 0 saturated heterocycles. The minimum atomic E-state index is -4.24. The SMILES string of the molecule is Cl.NCc1ccc(S(N)(=O)=O)c(F)c1F. The van der Waals surface area contributed by atoms with Crippen LogP contribution in [0.1, 0.15) is 5.56 Å². The predicted octanol–water partition coefficient (Wildman–Crippen LogP) is 0.493. The Kier molecular flexibility index (Phi) is 4.60. The zero-order chi connectivity index (χ0) is 10.9. The molecule has 0 spiro atoms. The molecule has 0 bridgehead atoms. The highest BCUT2D eigenvalue weighted by Crippen LogP contribution is 2.18. The average molecular weight is 259 g/mol. The van der Waals surface area contributed by atoms with Gasteiger partial charge < -0.3 is 5.73 Å². The van der Waals surface area contributed by atoms with Crippen molar-refractivity contribution in [3.63, 3.8) is 0 Å². The van der Waals surface area contributed by atoms with Crippen LogP contribution in [-0.2, 0) is 16.6 Å². The number of benzene rings is 1. The third kappa shape index (κ3) is 2.85. The van der Waals surface area contributed by atoms with Gasteiger partial charge in [-0.2, -0.15) is 0 Å². The van der Waals surface area contributed by atoms with Crippen LogP contribution in [0.2, 0.25) is 0 Å². The Bertz CT molecular complexity index is 464. The van der Waals surface area contributed by atoms with E-state index >= 15 is 0 Å². The smallest absolute Gasteiger partial charge is 0.241 e. The molecule has 4 nitrogen and oxygen atoms in total. The zero-order valence-electron chi connectivity index (χ0n) is 7.41. The Labute approximate surface area is 91.7 Å². The molecule has 1 aromatic rings. The lowest BCUT2D eigenvalue weighted by atomic mass is 10.2. The maximum Gasteiger partial charge on any atom is 0.241 e. The summed E-state index contributed by atoms with van der Waals surface area (Å²) in [7, 11) is -4.24. The molecule has 1 aromatic carbocycles. The molecule has 15 heavy (non-hydrogen) atoms. The van der Waals surface area contributed by atoms with Crippen LogP contribution in [0.3, 0.4) is 0 Å². The van der Waals surface area contributed by atoms with Crippen molar-refractivity contribution in [3.05, 3.63) is 29.3 Å². The van der Waals surface area contributed by atoms with Gasteiger partial charge in [0, 0.05) is 12.1 Å². The molecule has 0 aliphatic rings. The second-order valence-electron chi connectivity index (χ2n) is 2.60. The van der Waals surface area contributed by atoms with Gasteiger partial charge in [0.2, 0.25) is 10.0 Å². The van der Waals surface area contributed by atoms with Crippen molar-refractivity contribution in [2.24, 2.45) is 10.9 Å². The summed E-state index contributed by atoms with van der Waals surface area (Å²) in [5.41, 5.74) is 4.99. The van der Waals surface area contributed by atoms with Crippen molar-refractivity contribution in [1.82, 2.24) is 0 Å². The number of hydrogen-bond donors (Lipinski definition) is 2. The summed E-state index contributed by atoms with van der Waals surface area (Å²) in [6.07, 6.45) is 0. The molecule has 0 aromatic heterocycles. The molecular weight excluding hydrogens is 250 g/mol. The summed E-state index contributed by atoms with van der Waals surface area (Å²) in [6.45, 7) is -0.215. The summed E-state index contributed by atoms with van der Waals surface area (Å²) in [5.74, 6) is -2.77. The Balaban J connectivity index is 0.00000196. The van der Waals surface area contributed by atoms with Gasteiger partial charge in [-0.25, -0.2) is 22.3 Å². The summed E-state index contributed by atoms with van der Waals surface area (Å²) < 4.78 is 47.6. The van der Waals surface area contributed by atoms with Crippen LogP contribution in [0, 0.1) is 11.6 Å². The van der Waals surface area contributed by atoms with E-state index in [0.717, 1.165) is 12.1 Å². The highest BCUT2D eigenvalue weighted by Gasteiger charge is 2.19. The number of sulfonamides is 1. The molecule has 0 radical (unpaired) electrons. The molecule has 8 heteroatoms. The van der Waals surface area contributed by atoms with E-state index in [1.165, 1.54) is 0 Å². The van der Waals surface area contributed by atoms with Crippen LogP contribution >= 0.6 is 12.4 Å². The highest BCUT2D eigenvalue weighted by molar-refractivity contribution is 7.89. The third-order valence-corrected chi connectivity index (χ3v) is 2.58. The van der Waals surface area contributed by atoms with Gasteiger partial charge in [0.25, 0.3) is 0 Å². The van der Waals surface area contributed by atoms with Crippen molar-refractivity contribution in [3.8, 4) is 0 Å². The predicted molar refractivity (Wildman–Crippen MR) is 52.9 cm³/mol. The van der Waals surface area contributed by atoms with Crippen LogP contribution in [0.5, 0.6) is 0 Å². The molecule has 0 amide bonds. The van der Waals surface area contributed by atoms with Gasteiger partial charge >= 0.3 is 0 Å². The number of halogens is 3. The Morgan fingerprint density at radius 1 is 1.20 bits per heavy atom. The molecular formula is C7H9ClF2N2O2S. The highest BCUT2D eigenvalue weighted by atomic mass is 35.5. The van der Waals surface area contributed by atoms with Gasteiger partial charge in [-0.1, -0.05) is 6.07 Å². The lowest BCUT2D eigenvalue weighted by Crippen LogP contribution is -2.16. The fraction of sp³-hybridized carbons (Fsp3) is 0.143. The van der Waals surface area contributed by atoms with E-state index in [1.54, 1.807) is 0 Å². The van der Waals surface area contributed by atoms with Gasteiger partial charge in [-0.3, -0.25) is 0 Å². The maximum atomic E-state index is 13.1. The van der Waals surface area contributed by atoms with E-state index in [4.69, 9.17) is 5.73 Å². The van der Waals surface area contributed by atoms with Gasteiger partial charge in [0.1, 0.15) is 4.90 Å². The fourth-order valence-corrected chi connectivity index (χ4v) is 1.55. The molecule has 1 rings (SSSR count). The standard InChI is InChI=1S/C7H8F2N2O2S.ClH/c8-6-4(3-10)1-2-5(7(6)9)14(11,12)13;/h1-2H,3,10H2,(H2,11,12,13);1H. The third-order valence-electron chi connectivity index (χ3n) is 1.65. The van der Waals surface area contributed by atoms with E-state index < -0.39 is 26.6 Å². The van der Waals surface area contributed by atoms with E-state index in [9.17, 15) is 17.2 Å². The molecule has 0 saturated carbocycles. The molecule has 4 N–H and O–H groups in total. The van der Waals surface area contributed by atoms with Crippen LogP contribution in [-0.4, -0.2) is 8.42 Å². The summed E-state index contributed by atoms with van der Waals surface area (Å²) >= 11 is 0. The monoisotopic (exact) mass is 258 g/mol. The summed E-state index contributed by atoms with van der Waals surface area (Å²) in [4.78, 5) is -0.868. The molecule has 86 valence electrons. The van der Waals surface area contributed by atoms with Gasteiger partial charge in [-0.15, -0.1) is 12.4 Å².